The van der Waals surface area contributed by atoms with Crippen LogP contribution in [0.25, 0.3) is 0 Å². The number of hydrogen-bond acceptors (Lipinski definition) is 3. The van der Waals surface area contributed by atoms with Gasteiger partial charge in [-0.1, -0.05) is 0 Å². The van der Waals surface area contributed by atoms with Gasteiger partial charge in [-0.3, -0.25) is 4.79 Å². The van der Waals surface area contributed by atoms with Crippen LogP contribution in [0.5, 0.6) is 11.5 Å². The van der Waals surface area contributed by atoms with Gasteiger partial charge in [0.25, 0.3) is 0 Å². The molecule has 2 rings (SSSR count). The molecule has 1 saturated carbocycles. The predicted octanol–water partition coefficient (Wildman–Crippen LogP) is 2.90. The van der Waals surface area contributed by atoms with Crippen molar-refractivity contribution in [2.45, 2.75) is 19.2 Å². The molecule has 3 nitrogen and oxygen atoms in total. The van der Waals surface area contributed by atoms with Gasteiger partial charge >= 0.3 is 12.3 Å². The van der Waals surface area contributed by atoms with Crippen LogP contribution >= 0.6 is 0 Å². The van der Waals surface area contributed by atoms with Gasteiger partial charge in [0.2, 0.25) is 0 Å². The molecule has 6 heteroatoms. The van der Waals surface area contributed by atoms with Crippen LogP contribution in [0.1, 0.15) is 12.8 Å². The van der Waals surface area contributed by atoms with Crippen LogP contribution in [0.3, 0.4) is 0 Å². The summed E-state index contributed by atoms with van der Waals surface area (Å²) >= 11 is 0. The fourth-order valence-electron chi connectivity index (χ4n) is 1.23. The van der Waals surface area contributed by atoms with Crippen LogP contribution in [0.15, 0.2) is 24.3 Å². The number of alkyl halides is 3. The third-order valence-corrected chi connectivity index (χ3v) is 2.19. The summed E-state index contributed by atoms with van der Waals surface area (Å²) in [5, 5.41) is 0. The molecule has 0 N–H and O–H groups in total. The molecule has 0 spiro atoms. The smallest absolute Gasteiger partial charge is 0.426 e. The molecular formula is C11H9F3O3. The Hall–Kier alpha value is -1.72. The van der Waals surface area contributed by atoms with Gasteiger partial charge in [-0.2, -0.15) is 0 Å². The Balaban J connectivity index is 1.95. The first-order valence-electron chi connectivity index (χ1n) is 5.01. The molecule has 0 aromatic heterocycles. The Kier molecular flexibility index (Phi) is 2.95. The van der Waals surface area contributed by atoms with Crippen molar-refractivity contribution in [3.8, 4) is 11.5 Å². The monoisotopic (exact) mass is 246 g/mol. The first-order chi connectivity index (χ1) is 7.94. The maximum atomic E-state index is 11.9. The third-order valence-electron chi connectivity index (χ3n) is 2.19. The maximum Gasteiger partial charge on any atom is 0.573 e. The lowest BCUT2D eigenvalue weighted by Crippen LogP contribution is -2.17. The van der Waals surface area contributed by atoms with E-state index in [1.54, 1.807) is 0 Å². The Morgan fingerprint density at radius 3 is 2.12 bits per heavy atom. The summed E-state index contributed by atoms with van der Waals surface area (Å²) in [5.74, 6) is -0.518. The molecular weight excluding hydrogens is 237 g/mol. The molecule has 1 aliphatic rings. The molecule has 17 heavy (non-hydrogen) atoms. The lowest BCUT2D eigenvalue weighted by Gasteiger charge is -2.09. The van der Waals surface area contributed by atoms with Crippen LogP contribution in [0, 0.1) is 5.92 Å². The summed E-state index contributed by atoms with van der Waals surface area (Å²) in [7, 11) is 0. The molecule has 1 aromatic rings. The second-order valence-corrected chi connectivity index (χ2v) is 3.71. The minimum Gasteiger partial charge on any atom is -0.426 e. The molecule has 0 atom stereocenters. The van der Waals surface area contributed by atoms with Gasteiger partial charge in [0.1, 0.15) is 11.5 Å². The van der Waals surface area contributed by atoms with Crippen molar-refractivity contribution in [3.63, 3.8) is 0 Å². The molecule has 1 aliphatic carbocycles. The van der Waals surface area contributed by atoms with Crippen LogP contribution in [0.2, 0.25) is 0 Å². The molecule has 0 heterocycles. The van der Waals surface area contributed by atoms with Gasteiger partial charge in [0.05, 0.1) is 5.92 Å². The van der Waals surface area contributed by atoms with Gasteiger partial charge in [-0.15, -0.1) is 13.2 Å². The van der Waals surface area contributed by atoms with Crippen molar-refractivity contribution in [1.82, 2.24) is 0 Å². The zero-order chi connectivity index (χ0) is 12.5. The van der Waals surface area contributed by atoms with Crippen molar-refractivity contribution in [2.75, 3.05) is 0 Å². The summed E-state index contributed by atoms with van der Waals surface area (Å²) in [6.07, 6.45) is -3.09. The van der Waals surface area contributed by atoms with E-state index in [1.807, 2.05) is 0 Å². The molecule has 0 unspecified atom stereocenters. The Bertz CT molecular complexity index is 407. The number of ether oxygens (including phenoxy) is 2. The molecule has 0 radical (unpaired) electrons. The van der Waals surface area contributed by atoms with Gasteiger partial charge < -0.3 is 9.47 Å². The Morgan fingerprint density at radius 1 is 1.12 bits per heavy atom. The van der Waals surface area contributed by atoms with Crippen molar-refractivity contribution in [2.24, 2.45) is 5.92 Å². The van der Waals surface area contributed by atoms with E-state index < -0.39 is 6.36 Å². The number of rotatable bonds is 3. The summed E-state index contributed by atoms with van der Waals surface area (Å²) in [6, 6.07) is 4.73. The van der Waals surface area contributed by atoms with E-state index >= 15 is 0 Å². The molecule has 92 valence electrons. The van der Waals surface area contributed by atoms with E-state index in [4.69, 9.17) is 4.74 Å². The largest absolute Gasteiger partial charge is 0.573 e. The molecule has 0 bridgehead atoms. The highest BCUT2D eigenvalue weighted by atomic mass is 19.4. The van der Waals surface area contributed by atoms with Crippen molar-refractivity contribution in [1.29, 1.82) is 0 Å². The molecule has 0 aliphatic heterocycles. The van der Waals surface area contributed by atoms with Gasteiger partial charge in [0, 0.05) is 0 Å². The normalized spacial score (nSPS) is 15.5. The first-order valence-corrected chi connectivity index (χ1v) is 5.01. The summed E-state index contributed by atoms with van der Waals surface area (Å²) in [4.78, 5) is 11.3. The lowest BCUT2D eigenvalue weighted by molar-refractivity contribution is -0.274. The summed E-state index contributed by atoms with van der Waals surface area (Å²) in [5.41, 5.74) is 0. The molecule has 0 saturated heterocycles. The fourth-order valence-corrected chi connectivity index (χ4v) is 1.23. The van der Waals surface area contributed by atoms with E-state index in [-0.39, 0.29) is 23.4 Å². The number of halogens is 3. The SMILES string of the molecule is O=C(Oc1ccc(OC(F)(F)F)cc1)C1CC1. The van der Waals surface area contributed by atoms with E-state index in [1.165, 1.54) is 12.1 Å². The predicted molar refractivity (Wildman–Crippen MR) is 51.5 cm³/mol. The Labute approximate surface area is 95.1 Å². The average Bonchev–Trinajstić information content (AvgIpc) is 3.02. The number of esters is 1. The number of carbonyl (C=O) groups excluding carboxylic acids is 1. The minimum absolute atomic E-state index is 0.0545. The van der Waals surface area contributed by atoms with Gasteiger partial charge in [-0.05, 0) is 37.1 Å². The highest BCUT2D eigenvalue weighted by Crippen LogP contribution is 2.31. The van der Waals surface area contributed by atoms with Crippen LogP contribution in [0.4, 0.5) is 13.2 Å². The van der Waals surface area contributed by atoms with E-state index in [0.29, 0.717) is 0 Å². The van der Waals surface area contributed by atoms with Crippen LogP contribution in [-0.2, 0) is 4.79 Å². The summed E-state index contributed by atoms with van der Waals surface area (Å²) < 4.78 is 44.2. The highest BCUT2D eigenvalue weighted by Gasteiger charge is 2.32. The zero-order valence-electron chi connectivity index (χ0n) is 8.66. The van der Waals surface area contributed by atoms with Crippen molar-refractivity contribution in [3.05, 3.63) is 24.3 Å². The Morgan fingerprint density at radius 2 is 1.65 bits per heavy atom. The highest BCUT2D eigenvalue weighted by molar-refractivity contribution is 5.77. The van der Waals surface area contributed by atoms with E-state index in [9.17, 15) is 18.0 Å². The second-order valence-electron chi connectivity index (χ2n) is 3.71. The molecule has 0 amide bonds. The average molecular weight is 246 g/mol. The third kappa shape index (κ3) is 3.65. The number of carbonyl (C=O) groups is 1. The second kappa shape index (κ2) is 4.27. The van der Waals surface area contributed by atoms with E-state index in [0.717, 1.165) is 25.0 Å². The maximum absolute atomic E-state index is 11.9. The van der Waals surface area contributed by atoms with Crippen LogP contribution in [-0.4, -0.2) is 12.3 Å². The first kappa shape index (κ1) is 11.8. The number of hydrogen-bond donors (Lipinski definition) is 0. The standard InChI is InChI=1S/C11H9F3O3/c12-11(13,14)17-9-5-3-8(4-6-9)16-10(15)7-1-2-7/h3-7H,1-2H2. The molecule has 1 aromatic carbocycles. The lowest BCUT2D eigenvalue weighted by atomic mass is 10.3. The topological polar surface area (TPSA) is 35.5 Å². The van der Waals surface area contributed by atoms with Gasteiger partial charge in [-0.25, -0.2) is 0 Å². The number of benzene rings is 1. The van der Waals surface area contributed by atoms with Crippen LogP contribution < -0.4 is 9.47 Å². The van der Waals surface area contributed by atoms with Gasteiger partial charge in [0.15, 0.2) is 0 Å². The summed E-state index contributed by atoms with van der Waals surface area (Å²) in [6.45, 7) is 0. The minimum atomic E-state index is -4.72. The van der Waals surface area contributed by atoms with E-state index in [2.05, 4.69) is 4.74 Å². The van der Waals surface area contributed by atoms with Crippen molar-refractivity contribution < 1.29 is 27.4 Å². The quantitative estimate of drug-likeness (QED) is 0.607. The zero-order valence-corrected chi connectivity index (χ0v) is 8.66. The van der Waals surface area contributed by atoms with Crippen molar-refractivity contribution >= 4 is 5.97 Å². The fraction of sp³-hybridized carbons (Fsp3) is 0.364. The molecule has 1 fully saturated rings.